The lowest BCUT2D eigenvalue weighted by molar-refractivity contribution is 0.952. The Labute approximate surface area is 137 Å². The summed E-state index contributed by atoms with van der Waals surface area (Å²) >= 11 is 12.1. The summed E-state index contributed by atoms with van der Waals surface area (Å²) in [5.74, 6) is 0.572. The fourth-order valence-electron chi connectivity index (χ4n) is 1.64. The molecule has 0 aliphatic heterocycles. The van der Waals surface area contributed by atoms with E-state index in [-0.39, 0.29) is 17.3 Å². The van der Waals surface area contributed by atoms with Gasteiger partial charge in [0.2, 0.25) is 11.9 Å². The van der Waals surface area contributed by atoms with Gasteiger partial charge in [-0.25, -0.2) is 0 Å². The number of anilines is 2. The summed E-state index contributed by atoms with van der Waals surface area (Å²) in [6.07, 6.45) is 1.56. The van der Waals surface area contributed by atoms with E-state index >= 15 is 0 Å². The Morgan fingerprint density at radius 3 is 2.64 bits per heavy atom. The van der Waals surface area contributed by atoms with Crippen molar-refractivity contribution in [1.82, 2.24) is 15.0 Å². The van der Waals surface area contributed by atoms with E-state index in [1.807, 2.05) is 6.07 Å². The maximum atomic E-state index is 9.37. The zero-order valence-corrected chi connectivity index (χ0v) is 13.4. The standard InChI is InChI=1S/C14H12Cl2N6/c1-22(2)14-20-12(19-13(18)21-14)9(7-17)6-8-4-3-5-10(15)11(8)16/h3-6H,1-2H3,(H2,18,19,20,21). The van der Waals surface area contributed by atoms with Gasteiger partial charge >= 0.3 is 0 Å². The lowest BCUT2D eigenvalue weighted by Crippen LogP contribution is -2.15. The molecule has 0 fully saturated rings. The first-order valence-corrected chi connectivity index (χ1v) is 6.93. The average Bonchev–Trinajstić information content (AvgIpc) is 2.48. The molecular formula is C14H12Cl2N6. The Hall–Kier alpha value is -2.36. The van der Waals surface area contributed by atoms with Gasteiger partial charge in [0.15, 0.2) is 5.82 Å². The number of rotatable bonds is 3. The van der Waals surface area contributed by atoms with Crippen LogP contribution in [0, 0.1) is 11.3 Å². The molecule has 0 aliphatic rings. The topological polar surface area (TPSA) is 91.7 Å². The van der Waals surface area contributed by atoms with Gasteiger partial charge in [-0.1, -0.05) is 35.3 Å². The molecular weight excluding hydrogens is 323 g/mol. The number of hydrogen-bond donors (Lipinski definition) is 1. The minimum absolute atomic E-state index is 0.0343. The van der Waals surface area contributed by atoms with E-state index < -0.39 is 0 Å². The number of aromatic nitrogens is 3. The zero-order valence-electron chi connectivity index (χ0n) is 11.9. The minimum Gasteiger partial charge on any atom is -0.368 e. The van der Waals surface area contributed by atoms with Crippen LogP contribution >= 0.6 is 23.2 Å². The summed E-state index contributed by atoms with van der Waals surface area (Å²) in [6.45, 7) is 0. The van der Waals surface area contributed by atoms with E-state index in [0.29, 0.717) is 21.6 Å². The second-order valence-corrected chi connectivity index (χ2v) is 5.31. The van der Waals surface area contributed by atoms with Crippen LogP contribution < -0.4 is 10.6 Å². The van der Waals surface area contributed by atoms with Crippen molar-refractivity contribution in [2.24, 2.45) is 0 Å². The summed E-state index contributed by atoms with van der Waals surface area (Å²) in [5.41, 5.74) is 6.47. The normalized spacial score (nSPS) is 11.1. The highest BCUT2D eigenvalue weighted by atomic mass is 35.5. The van der Waals surface area contributed by atoms with Crippen molar-refractivity contribution < 1.29 is 0 Å². The van der Waals surface area contributed by atoms with Gasteiger partial charge in [-0.05, 0) is 17.7 Å². The summed E-state index contributed by atoms with van der Waals surface area (Å²) < 4.78 is 0. The highest BCUT2D eigenvalue weighted by Gasteiger charge is 2.12. The van der Waals surface area contributed by atoms with Gasteiger partial charge in [0, 0.05) is 14.1 Å². The molecule has 0 atom stereocenters. The second kappa shape index (κ2) is 6.60. The molecule has 0 saturated carbocycles. The predicted molar refractivity (Wildman–Crippen MR) is 88.5 cm³/mol. The fraction of sp³-hybridized carbons (Fsp3) is 0.143. The van der Waals surface area contributed by atoms with E-state index in [2.05, 4.69) is 15.0 Å². The predicted octanol–water partition coefficient (Wildman–Crippen LogP) is 2.89. The van der Waals surface area contributed by atoms with E-state index in [0.717, 1.165) is 0 Å². The Morgan fingerprint density at radius 2 is 2.00 bits per heavy atom. The molecule has 2 aromatic rings. The molecule has 0 bridgehead atoms. The maximum Gasteiger partial charge on any atom is 0.230 e. The Kier molecular flexibility index (Phi) is 4.81. The van der Waals surface area contributed by atoms with Crippen LogP contribution in [0.3, 0.4) is 0 Å². The third-order valence-electron chi connectivity index (χ3n) is 2.68. The monoisotopic (exact) mass is 334 g/mol. The van der Waals surface area contributed by atoms with Gasteiger partial charge in [-0.15, -0.1) is 0 Å². The lowest BCUT2D eigenvalue weighted by atomic mass is 10.1. The van der Waals surface area contributed by atoms with E-state index in [1.54, 1.807) is 43.3 Å². The van der Waals surface area contributed by atoms with Crippen molar-refractivity contribution in [2.75, 3.05) is 24.7 Å². The van der Waals surface area contributed by atoms with Crippen molar-refractivity contribution in [3.8, 4) is 6.07 Å². The molecule has 1 aromatic heterocycles. The summed E-state index contributed by atoms with van der Waals surface area (Å²) in [5, 5.41) is 10.1. The van der Waals surface area contributed by atoms with Crippen LogP contribution in [0.4, 0.5) is 11.9 Å². The van der Waals surface area contributed by atoms with Gasteiger partial charge in [0.1, 0.15) is 6.07 Å². The van der Waals surface area contributed by atoms with Crippen LogP contribution in [0.5, 0.6) is 0 Å². The molecule has 0 saturated heterocycles. The van der Waals surface area contributed by atoms with Crippen LogP contribution in [0.2, 0.25) is 10.0 Å². The number of halogens is 2. The number of allylic oxidation sites excluding steroid dienone is 1. The van der Waals surface area contributed by atoms with Gasteiger partial charge in [0.25, 0.3) is 0 Å². The lowest BCUT2D eigenvalue weighted by Gasteiger charge is -2.11. The summed E-state index contributed by atoms with van der Waals surface area (Å²) in [4.78, 5) is 13.9. The SMILES string of the molecule is CN(C)c1nc(N)nc(C(C#N)=Cc2cccc(Cl)c2Cl)n1. The summed E-state index contributed by atoms with van der Waals surface area (Å²) in [6, 6.07) is 7.18. The number of nitrogens with two attached hydrogens (primary N) is 1. The molecule has 0 aliphatic carbocycles. The van der Waals surface area contributed by atoms with E-state index in [9.17, 15) is 5.26 Å². The highest BCUT2D eigenvalue weighted by Crippen LogP contribution is 2.28. The van der Waals surface area contributed by atoms with Crippen molar-refractivity contribution in [3.05, 3.63) is 39.6 Å². The van der Waals surface area contributed by atoms with Crippen LogP contribution in [0.25, 0.3) is 11.6 Å². The van der Waals surface area contributed by atoms with Crippen molar-refractivity contribution >= 4 is 46.7 Å². The van der Waals surface area contributed by atoms with Crippen LogP contribution in [-0.2, 0) is 0 Å². The second-order valence-electron chi connectivity index (χ2n) is 4.52. The van der Waals surface area contributed by atoms with Gasteiger partial charge in [-0.3, -0.25) is 0 Å². The van der Waals surface area contributed by atoms with Gasteiger partial charge in [-0.2, -0.15) is 20.2 Å². The maximum absolute atomic E-state index is 9.37. The van der Waals surface area contributed by atoms with Gasteiger partial charge < -0.3 is 10.6 Å². The van der Waals surface area contributed by atoms with Crippen LogP contribution in [-0.4, -0.2) is 29.0 Å². The molecule has 6 nitrogen and oxygen atoms in total. The molecule has 2 rings (SSSR count). The van der Waals surface area contributed by atoms with Crippen molar-refractivity contribution in [1.29, 1.82) is 5.26 Å². The number of nitriles is 1. The quantitative estimate of drug-likeness (QED) is 0.867. The molecule has 112 valence electrons. The number of nitrogen functional groups attached to an aromatic ring is 1. The van der Waals surface area contributed by atoms with Gasteiger partial charge in [0.05, 0.1) is 15.6 Å². The van der Waals surface area contributed by atoms with Crippen molar-refractivity contribution in [3.63, 3.8) is 0 Å². The van der Waals surface area contributed by atoms with Crippen molar-refractivity contribution in [2.45, 2.75) is 0 Å². The van der Waals surface area contributed by atoms with Crippen LogP contribution in [0.1, 0.15) is 11.4 Å². The molecule has 2 N–H and O–H groups in total. The molecule has 0 unspecified atom stereocenters. The number of nitrogens with zero attached hydrogens (tertiary/aromatic N) is 5. The average molecular weight is 335 g/mol. The molecule has 1 heterocycles. The molecule has 0 amide bonds. The molecule has 0 radical (unpaired) electrons. The minimum atomic E-state index is 0.0343. The molecule has 0 spiro atoms. The number of hydrogen-bond acceptors (Lipinski definition) is 6. The molecule has 8 heteroatoms. The Bertz CT molecular complexity index is 779. The van der Waals surface area contributed by atoms with Crippen LogP contribution in [0.15, 0.2) is 18.2 Å². The summed E-state index contributed by atoms with van der Waals surface area (Å²) in [7, 11) is 3.53. The third kappa shape index (κ3) is 3.45. The largest absolute Gasteiger partial charge is 0.368 e. The first kappa shape index (κ1) is 16.0. The zero-order chi connectivity index (χ0) is 16.3. The van der Waals surface area contributed by atoms with E-state index in [4.69, 9.17) is 28.9 Å². The fourth-order valence-corrected chi connectivity index (χ4v) is 2.00. The Morgan fingerprint density at radius 1 is 1.27 bits per heavy atom. The van der Waals surface area contributed by atoms with E-state index in [1.165, 1.54) is 0 Å². The first-order chi connectivity index (χ1) is 10.4. The highest BCUT2D eigenvalue weighted by molar-refractivity contribution is 6.43. The first-order valence-electron chi connectivity index (χ1n) is 6.17. The number of benzene rings is 1. The molecule has 22 heavy (non-hydrogen) atoms. The smallest absolute Gasteiger partial charge is 0.230 e. The Balaban J connectivity index is 2.55. The molecule has 1 aromatic carbocycles. The third-order valence-corrected chi connectivity index (χ3v) is 3.52.